The molecule has 1 aromatic carbocycles. The topological polar surface area (TPSA) is 157 Å². The van der Waals surface area contributed by atoms with Crippen LogP contribution in [0.25, 0.3) is 11.1 Å². The number of piperidine rings is 1. The lowest BCUT2D eigenvalue weighted by Crippen LogP contribution is -2.49. The van der Waals surface area contributed by atoms with Gasteiger partial charge in [-0.1, -0.05) is 30.3 Å². The molecule has 1 unspecified atom stereocenters. The number of hydrogen-bond acceptors (Lipinski definition) is 9. The smallest absolute Gasteiger partial charge is 0.323 e. The SMILES string of the molecule is Cn1cc(-c2ccc(N(C(=O)NCc3ccccc3)[C@H]3CC[C@H](Nc4ncc(C#N)c(N5CCCC6(CNC(=O)C6)C5)n4)CC3)nc2)cn1. The van der Waals surface area contributed by atoms with Gasteiger partial charge in [0, 0.05) is 80.7 Å². The number of hydrogen-bond donors (Lipinski definition) is 3. The second-order valence-electron chi connectivity index (χ2n) is 13.5. The highest BCUT2D eigenvalue weighted by Crippen LogP contribution is 2.38. The molecular weight excluding hydrogens is 618 g/mol. The minimum atomic E-state index is -0.180. The highest BCUT2D eigenvalue weighted by Gasteiger charge is 2.42. The zero-order valence-corrected chi connectivity index (χ0v) is 27.7. The predicted molar refractivity (Wildman–Crippen MR) is 186 cm³/mol. The largest absolute Gasteiger partial charge is 0.355 e. The van der Waals surface area contributed by atoms with E-state index in [-0.39, 0.29) is 29.4 Å². The monoisotopic (exact) mass is 659 g/mol. The van der Waals surface area contributed by atoms with Crippen molar-refractivity contribution < 1.29 is 9.59 Å². The Morgan fingerprint density at radius 3 is 2.61 bits per heavy atom. The number of anilines is 3. The molecule has 3 aliphatic rings. The molecule has 3 fully saturated rings. The molecule has 3 aromatic heterocycles. The van der Waals surface area contributed by atoms with Crippen molar-refractivity contribution >= 4 is 29.5 Å². The Morgan fingerprint density at radius 2 is 1.92 bits per heavy atom. The quantitative estimate of drug-likeness (QED) is 0.250. The molecule has 1 aliphatic carbocycles. The number of pyridine rings is 1. The van der Waals surface area contributed by atoms with E-state index < -0.39 is 0 Å². The van der Waals surface area contributed by atoms with Gasteiger partial charge < -0.3 is 20.9 Å². The zero-order valence-electron chi connectivity index (χ0n) is 27.7. The van der Waals surface area contributed by atoms with Crippen LogP contribution in [-0.4, -0.2) is 68.4 Å². The van der Waals surface area contributed by atoms with E-state index in [1.54, 1.807) is 28.2 Å². The fourth-order valence-electron chi connectivity index (χ4n) is 7.44. The number of aromatic nitrogens is 5. The summed E-state index contributed by atoms with van der Waals surface area (Å²) in [4.78, 5) is 43.8. The van der Waals surface area contributed by atoms with Gasteiger partial charge in [0.15, 0.2) is 5.82 Å². The summed E-state index contributed by atoms with van der Waals surface area (Å²) in [6.07, 6.45) is 12.7. The Labute approximate surface area is 285 Å². The fourth-order valence-corrected chi connectivity index (χ4v) is 7.44. The minimum Gasteiger partial charge on any atom is -0.355 e. The molecule has 49 heavy (non-hydrogen) atoms. The van der Waals surface area contributed by atoms with E-state index in [1.165, 1.54) is 0 Å². The molecule has 0 bridgehead atoms. The first-order chi connectivity index (χ1) is 23.9. The van der Waals surface area contributed by atoms with Gasteiger partial charge in [0.1, 0.15) is 17.5 Å². The van der Waals surface area contributed by atoms with Gasteiger partial charge in [0.05, 0.1) is 12.4 Å². The van der Waals surface area contributed by atoms with Crippen molar-refractivity contribution in [1.82, 2.24) is 35.4 Å². The average Bonchev–Trinajstić information content (AvgIpc) is 3.73. The molecule has 2 aliphatic heterocycles. The van der Waals surface area contributed by atoms with Gasteiger partial charge in [0.2, 0.25) is 11.9 Å². The van der Waals surface area contributed by atoms with E-state index in [9.17, 15) is 14.9 Å². The maximum absolute atomic E-state index is 13.8. The van der Waals surface area contributed by atoms with Crippen LogP contribution >= 0.6 is 0 Å². The van der Waals surface area contributed by atoms with E-state index in [2.05, 4.69) is 37.0 Å². The van der Waals surface area contributed by atoms with Gasteiger partial charge in [-0.05, 0) is 56.2 Å². The van der Waals surface area contributed by atoms with Crippen LogP contribution in [0, 0.1) is 16.7 Å². The standard InChI is InChI=1S/C36H41N11O2/c1-45-22-28(21-42-45)26-8-13-31(38-19-26)47(35(49)40-18-25-6-3-2-4-7-25)30-11-9-29(10-12-30)43-34-39-20-27(17-37)33(44-34)46-15-5-14-36(24-46)16-32(48)41-23-36/h2-4,6-8,13,19-22,29-30H,5,9-12,14-16,18,23-24H2,1H3,(H,40,49)(H,41,48)(H,39,43,44)/t29-,30-,36?. The van der Waals surface area contributed by atoms with Crippen LogP contribution in [0.4, 0.5) is 22.4 Å². The molecule has 0 radical (unpaired) electrons. The number of carbonyl (C=O) groups excluding carboxylic acids is 2. The highest BCUT2D eigenvalue weighted by atomic mass is 16.2. The summed E-state index contributed by atoms with van der Waals surface area (Å²) in [6.45, 7) is 2.55. The first kappa shape index (κ1) is 32.1. The molecule has 3 N–H and O–H groups in total. The van der Waals surface area contributed by atoms with E-state index in [4.69, 9.17) is 9.97 Å². The molecule has 1 atom stereocenters. The zero-order chi connectivity index (χ0) is 33.8. The van der Waals surface area contributed by atoms with E-state index in [1.807, 2.05) is 55.7 Å². The van der Waals surface area contributed by atoms with Crippen LogP contribution in [0.2, 0.25) is 0 Å². The van der Waals surface area contributed by atoms with E-state index >= 15 is 0 Å². The van der Waals surface area contributed by atoms with Crippen LogP contribution in [0.1, 0.15) is 56.1 Å². The van der Waals surface area contributed by atoms with Crippen molar-refractivity contribution in [3.8, 4) is 17.2 Å². The lowest BCUT2D eigenvalue weighted by molar-refractivity contribution is -0.119. The maximum Gasteiger partial charge on any atom is 0.323 e. The number of benzene rings is 1. The summed E-state index contributed by atoms with van der Waals surface area (Å²) < 4.78 is 1.75. The van der Waals surface area contributed by atoms with Crippen LogP contribution in [0.3, 0.4) is 0 Å². The Morgan fingerprint density at radius 1 is 1.08 bits per heavy atom. The van der Waals surface area contributed by atoms with Crippen LogP contribution in [0.15, 0.2) is 67.3 Å². The fraction of sp³-hybridized carbons (Fsp3) is 0.417. The third-order valence-corrected chi connectivity index (χ3v) is 9.98. The van der Waals surface area contributed by atoms with Crippen LogP contribution in [0.5, 0.6) is 0 Å². The normalized spacial score (nSPS) is 22.0. The number of urea groups is 1. The number of nitriles is 1. The third-order valence-electron chi connectivity index (χ3n) is 9.98. The lowest BCUT2D eigenvalue weighted by Gasteiger charge is -2.40. The molecule has 7 rings (SSSR count). The van der Waals surface area contributed by atoms with Crippen molar-refractivity contribution in [3.05, 3.63) is 78.4 Å². The molecule has 13 nitrogen and oxygen atoms in total. The van der Waals surface area contributed by atoms with Crippen LogP contribution in [-0.2, 0) is 18.4 Å². The minimum absolute atomic E-state index is 0.0460. The molecule has 1 spiro atoms. The third kappa shape index (κ3) is 7.18. The van der Waals surface area contributed by atoms with Gasteiger partial charge in [-0.15, -0.1) is 0 Å². The first-order valence-corrected chi connectivity index (χ1v) is 17.0. The van der Waals surface area contributed by atoms with E-state index in [0.29, 0.717) is 49.2 Å². The second kappa shape index (κ2) is 13.9. The average molecular weight is 660 g/mol. The van der Waals surface area contributed by atoms with Crippen molar-refractivity contribution in [3.63, 3.8) is 0 Å². The van der Waals surface area contributed by atoms with Crippen molar-refractivity contribution in [1.29, 1.82) is 5.26 Å². The Bertz CT molecular complexity index is 1830. The Kier molecular flexibility index (Phi) is 9.11. The molecule has 252 valence electrons. The number of nitrogens with one attached hydrogen (secondary N) is 3. The van der Waals surface area contributed by atoms with Gasteiger partial charge >= 0.3 is 6.03 Å². The molecule has 2 saturated heterocycles. The molecule has 13 heteroatoms. The maximum atomic E-state index is 13.8. The lowest BCUT2D eigenvalue weighted by atomic mass is 9.79. The van der Waals surface area contributed by atoms with Crippen molar-refractivity contribution in [2.75, 3.05) is 34.8 Å². The number of nitrogens with zero attached hydrogens (tertiary/aromatic N) is 8. The van der Waals surface area contributed by atoms with Crippen molar-refractivity contribution in [2.45, 2.75) is 63.6 Å². The molecule has 1 saturated carbocycles. The molecule has 3 amide bonds. The molecule has 5 heterocycles. The van der Waals surface area contributed by atoms with Gasteiger partial charge in [-0.25, -0.2) is 14.8 Å². The summed E-state index contributed by atoms with van der Waals surface area (Å²) in [5.41, 5.74) is 3.24. The van der Waals surface area contributed by atoms with Crippen molar-refractivity contribution in [2.24, 2.45) is 12.5 Å². The predicted octanol–water partition coefficient (Wildman–Crippen LogP) is 4.39. The summed E-state index contributed by atoms with van der Waals surface area (Å²) >= 11 is 0. The summed E-state index contributed by atoms with van der Waals surface area (Å²) in [7, 11) is 1.88. The van der Waals surface area contributed by atoms with Gasteiger partial charge in [-0.2, -0.15) is 15.3 Å². The Balaban J connectivity index is 1.04. The van der Waals surface area contributed by atoms with Gasteiger partial charge in [0.25, 0.3) is 0 Å². The highest BCUT2D eigenvalue weighted by molar-refractivity contribution is 5.91. The summed E-state index contributed by atoms with van der Waals surface area (Å²) in [6, 6.07) is 15.9. The molecule has 4 aromatic rings. The second-order valence-corrected chi connectivity index (χ2v) is 13.5. The summed E-state index contributed by atoms with van der Waals surface area (Å²) in [5, 5.41) is 23.7. The number of amides is 3. The number of aryl methyl sites for hydroxylation is 1. The first-order valence-electron chi connectivity index (χ1n) is 17.0. The number of carbonyl (C=O) groups is 2. The van der Waals surface area contributed by atoms with E-state index in [0.717, 1.165) is 61.8 Å². The van der Waals surface area contributed by atoms with Crippen LogP contribution < -0.4 is 25.8 Å². The Hall–Kier alpha value is -5.51. The molecular formula is C36H41N11O2. The number of rotatable bonds is 8. The van der Waals surface area contributed by atoms with Gasteiger partial charge in [-0.3, -0.25) is 14.4 Å². The summed E-state index contributed by atoms with van der Waals surface area (Å²) in [5.74, 6) is 1.80.